The largest absolute Gasteiger partial charge is 0.394 e. The molecule has 0 radical (unpaired) electrons. The second-order valence-electron chi connectivity index (χ2n) is 5.04. The molecule has 2 N–H and O–H groups in total. The third kappa shape index (κ3) is 3.23. The zero-order chi connectivity index (χ0) is 14.0. The first-order valence-electron chi connectivity index (χ1n) is 6.50. The highest BCUT2D eigenvalue weighted by atomic mass is 19.1. The van der Waals surface area contributed by atoms with Gasteiger partial charge in [0.1, 0.15) is 5.82 Å². The minimum atomic E-state index is -0.683. The summed E-state index contributed by atoms with van der Waals surface area (Å²) in [6.45, 7) is 4.48. The second kappa shape index (κ2) is 5.86. The van der Waals surface area contributed by atoms with Gasteiger partial charge in [-0.3, -0.25) is 0 Å². The number of morpholine rings is 1. The summed E-state index contributed by atoms with van der Waals surface area (Å²) in [6.07, 6.45) is -1.03. The Bertz CT molecular complexity index is 439. The molecule has 5 heteroatoms. The molecule has 0 aliphatic carbocycles. The molecule has 1 aromatic carbocycles. The van der Waals surface area contributed by atoms with Crippen LogP contribution in [0.3, 0.4) is 0 Å². The van der Waals surface area contributed by atoms with Gasteiger partial charge in [-0.15, -0.1) is 0 Å². The van der Waals surface area contributed by atoms with Gasteiger partial charge in [0.25, 0.3) is 0 Å². The van der Waals surface area contributed by atoms with Crippen LogP contribution >= 0.6 is 0 Å². The predicted octanol–water partition coefficient (Wildman–Crippen LogP) is 1.46. The fourth-order valence-corrected chi connectivity index (χ4v) is 2.38. The molecule has 1 fully saturated rings. The van der Waals surface area contributed by atoms with E-state index in [1.54, 1.807) is 19.1 Å². The van der Waals surface area contributed by atoms with Gasteiger partial charge in [-0.1, -0.05) is 6.07 Å². The Morgan fingerprint density at radius 2 is 2.21 bits per heavy atom. The third-order valence-corrected chi connectivity index (χ3v) is 3.32. The number of aliphatic hydroxyl groups is 2. The van der Waals surface area contributed by atoms with Gasteiger partial charge in [-0.2, -0.15) is 0 Å². The van der Waals surface area contributed by atoms with Crippen molar-refractivity contribution in [2.75, 3.05) is 24.6 Å². The lowest BCUT2D eigenvalue weighted by molar-refractivity contribution is -0.0422. The molecule has 1 aromatic rings. The molecule has 1 aliphatic rings. The number of benzene rings is 1. The molecule has 0 spiro atoms. The molecule has 4 nitrogen and oxygen atoms in total. The van der Waals surface area contributed by atoms with Crippen molar-refractivity contribution in [1.82, 2.24) is 0 Å². The Morgan fingerprint density at radius 3 is 2.79 bits per heavy atom. The van der Waals surface area contributed by atoms with Gasteiger partial charge in [0.2, 0.25) is 0 Å². The van der Waals surface area contributed by atoms with Crippen LogP contribution in [0.2, 0.25) is 0 Å². The van der Waals surface area contributed by atoms with Gasteiger partial charge in [0.15, 0.2) is 0 Å². The normalized spacial score (nSPS) is 25.4. The summed E-state index contributed by atoms with van der Waals surface area (Å²) in [5.41, 5.74) is 1.04. The van der Waals surface area contributed by atoms with E-state index in [0.29, 0.717) is 24.3 Å². The molecule has 0 amide bonds. The Kier molecular flexibility index (Phi) is 4.39. The van der Waals surface area contributed by atoms with E-state index in [0.717, 1.165) is 0 Å². The first-order chi connectivity index (χ1) is 9.01. The molecule has 2 rings (SSSR count). The van der Waals surface area contributed by atoms with Crippen LogP contribution in [0.1, 0.15) is 25.5 Å². The molecule has 2 unspecified atom stereocenters. The maximum atomic E-state index is 14.1. The first kappa shape index (κ1) is 14.2. The van der Waals surface area contributed by atoms with E-state index in [2.05, 4.69) is 0 Å². The summed E-state index contributed by atoms with van der Waals surface area (Å²) >= 11 is 0. The molecule has 0 bridgehead atoms. The van der Waals surface area contributed by atoms with Crippen molar-refractivity contribution in [3.05, 3.63) is 29.6 Å². The number of anilines is 1. The minimum Gasteiger partial charge on any atom is -0.394 e. The zero-order valence-corrected chi connectivity index (χ0v) is 11.2. The molecule has 106 valence electrons. The fourth-order valence-electron chi connectivity index (χ4n) is 2.38. The average molecular weight is 269 g/mol. The van der Waals surface area contributed by atoms with E-state index in [1.807, 2.05) is 11.8 Å². The summed E-state index contributed by atoms with van der Waals surface area (Å²) in [5.74, 6) is -0.357. The quantitative estimate of drug-likeness (QED) is 0.872. The highest BCUT2D eigenvalue weighted by Crippen LogP contribution is 2.26. The number of aliphatic hydroxyl groups excluding tert-OH is 2. The molecule has 1 heterocycles. The average Bonchev–Trinajstić information content (AvgIpc) is 2.37. The number of nitrogens with zero attached hydrogens (tertiary/aromatic N) is 1. The van der Waals surface area contributed by atoms with Crippen molar-refractivity contribution in [1.29, 1.82) is 0 Å². The maximum Gasteiger partial charge on any atom is 0.146 e. The van der Waals surface area contributed by atoms with E-state index in [-0.39, 0.29) is 24.6 Å². The number of rotatable bonds is 3. The van der Waals surface area contributed by atoms with Gasteiger partial charge in [-0.25, -0.2) is 4.39 Å². The number of ether oxygens (including phenoxy) is 1. The van der Waals surface area contributed by atoms with Gasteiger partial charge in [0.05, 0.1) is 30.6 Å². The monoisotopic (exact) mass is 269 g/mol. The highest BCUT2D eigenvalue weighted by molar-refractivity contribution is 5.50. The number of hydrogen-bond donors (Lipinski definition) is 2. The Hall–Kier alpha value is -1.17. The van der Waals surface area contributed by atoms with Crippen LogP contribution in [0.15, 0.2) is 18.2 Å². The lowest BCUT2D eigenvalue weighted by Gasteiger charge is -2.37. The minimum absolute atomic E-state index is 0.0539. The summed E-state index contributed by atoms with van der Waals surface area (Å²) in [6, 6.07) is 4.75. The summed E-state index contributed by atoms with van der Waals surface area (Å²) < 4.78 is 19.6. The molecule has 0 saturated carbocycles. The van der Waals surface area contributed by atoms with E-state index in [9.17, 15) is 14.6 Å². The second-order valence-corrected chi connectivity index (χ2v) is 5.04. The van der Waals surface area contributed by atoms with Crippen molar-refractivity contribution in [3.8, 4) is 0 Å². The van der Waals surface area contributed by atoms with Crippen LogP contribution in [0.5, 0.6) is 0 Å². The fraction of sp³-hybridized carbons (Fsp3) is 0.571. The zero-order valence-electron chi connectivity index (χ0n) is 11.2. The standard InChI is InChI=1S/C14H20FNO3/c1-9-6-16(7-12(8-17)19-9)14-4-3-11(10(2)18)5-13(14)15/h3-5,9-10,12,17-18H,6-8H2,1-2H3/t9?,10-,12?/m0/s1. The van der Waals surface area contributed by atoms with E-state index < -0.39 is 6.10 Å². The molecule has 1 saturated heterocycles. The molecule has 0 aromatic heterocycles. The van der Waals surface area contributed by atoms with Crippen molar-refractivity contribution < 1.29 is 19.3 Å². The topological polar surface area (TPSA) is 52.9 Å². The molecular weight excluding hydrogens is 249 g/mol. The predicted molar refractivity (Wildman–Crippen MR) is 70.7 cm³/mol. The number of hydrogen-bond acceptors (Lipinski definition) is 4. The summed E-state index contributed by atoms with van der Waals surface area (Å²) in [5, 5.41) is 18.6. The van der Waals surface area contributed by atoms with Gasteiger partial charge < -0.3 is 19.8 Å². The van der Waals surface area contributed by atoms with Gasteiger partial charge >= 0.3 is 0 Å². The van der Waals surface area contributed by atoms with Crippen molar-refractivity contribution >= 4 is 5.69 Å². The van der Waals surface area contributed by atoms with Crippen molar-refractivity contribution in [2.45, 2.75) is 32.2 Å². The van der Waals surface area contributed by atoms with E-state index >= 15 is 0 Å². The summed E-state index contributed by atoms with van der Waals surface area (Å²) in [7, 11) is 0. The molecule has 3 atom stereocenters. The number of halogens is 1. The van der Waals surface area contributed by atoms with E-state index in [1.165, 1.54) is 6.07 Å². The lowest BCUT2D eigenvalue weighted by Crippen LogP contribution is -2.48. The van der Waals surface area contributed by atoms with Gasteiger partial charge in [0, 0.05) is 13.1 Å². The van der Waals surface area contributed by atoms with E-state index in [4.69, 9.17) is 4.74 Å². The van der Waals surface area contributed by atoms with Crippen LogP contribution in [-0.4, -0.2) is 42.1 Å². The Labute approximate surface area is 112 Å². The lowest BCUT2D eigenvalue weighted by atomic mass is 10.1. The highest BCUT2D eigenvalue weighted by Gasteiger charge is 2.26. The molecular formula is C14H20FNO3. The maximum absolute atomic E-state index is 14.1. The SMILES string of the molecule is CC1CN(c2ccc([C@H](C)O)cc2F)CC(CO)O1. The summed E-state index contributed by atoms with van der Waals surface area (Å²) in [4.78, 5) is 1.87. The van der Waals surface area contributed by atoms with Crippen molar-refractivity contribution in [3.63, 3.8) is 0 Å². The first-order valence-corrected chi connectivity index (χ1v) is 6.50. The van der Waals surface area contributed by atoms with Crippen LogP contribution in [0, 0.1) is 5.82 Å². The Balaban J connectivity index is 2.21. The van der Waals surface area contributed by atoms with Crippen molar-refractivity contribution in [2.24, 2.45) is 0 Å². The third-order valence-electron chi connectivity index (χ3n) is 3.32. The van der Waals surface area contributed by atoms with Crippen LogP contribution in [0.4, 0.5) is 10.1 Å². The van der Waals surface area contributed by atoms with Gasteiger partial charge in [-0.05, 0) is 31.5 Å². The smallest absolute Gasteiger partial charge is 0.146 e. The Morgan fingerprint density at radius 1 is 1.47 bits per heavy atom. The van der Waals surface area contributed by atoms with Crippen LogP contribution < -0.4 is 4.90 Å². The molecule has 19 heavy (non-hydrogen) atoms. The van der Waals surface area contributed by atoms with Crippen LogP contribution in [-0.2, 0) is 4.74 Å². The van der Waals surface area contributed by atoms with Crippen LogP contribution in [0.25, 0.3) is 0 Å². The molecule has 1 aliphatic heterocycles.